The van der Waals surface area contributed by atoms with Gasteiger partial charge in [0.05, 0.1) is 24.5 Å². The zero-order chi connectivity index (χ0) is 20.0. The van der Waals surface area contributed by atoms with Crippen LogP contribution in [-0.4, -0.2) is 49.0 Å². The minimum atomic E-state index is -0.431. The zero-order valence-corrected chi connectivity index (χ0v) is 17.5. The predicted molar refractivity (Wildman–Crippen MR) is 105 cm³/mol. The summed E-state index contributed by atoms with van der Waals surface area (Å²) in [5.41, 5.74) is 1.60. The lowest BCUT2D eigenvalue weighted by Gasteiger charge is -2.14. The van der Waals surface area contributed by atoms with Crippen LogP contribution in [0.5, 0.6) is 0 Å². The number of aromatic nitrogens is 2. The molecule has 2 amide bonds. The van der Waals surface area contributed by atoms with E-state index in [4.69, 9.17) is 21.1 Å². The van der Waals surface area contributed by atoms with Gasteiger partial charge in [0.15, 0.2) is 0 Å². The number of carbonyl (C=O) groups excluding carboxylic acids is 2. The lowest BCUT2D eigenvalue weighted by molar-refractivity contribution is 0.0275. The van der Waals surface area contributed by atoms with E-state index in [1.807, 2.05) is 0 Å². The fraction of sp³-hybridized carbons (Fsp3) is 0.353. The summed E-state index contributed by atoms with van der Waals surface area (Å²) >= 11 is 9.31. The van der Waals surface area contributed by atoms with Gasteiger partial charge in [-0.05, 0) is 40.5 Å². The van der Waals surface area contributed by atoms with E-state index >= 15 is 0 Å². The standard InChI is InChI=1S/C17H20BrClN4O4/c1-10-6-11(19)7-12(16(24)20-2)15(10)21-17(25)13-8-14(18)22-23(13)9-27-5-4-26-3/h6-8H,4-5,9H2,1-3H3,(H,20,24)(H,21,25). The zero-order valence-electron chi connectivity index (χ0n) is 15.1. The van der Waals surface area contributed by atoms with E-state index in [1.165, 1.54) is 17.8 Å². The molecule has 1 aromatic heterocycles. The van der Waals surface area contributed by atoms with Crippen LogP contribution in [0.3, 0.4) is 0 Å². The summed E-state index contributed by atoms with van der Waals surface area (Å²) in [6, 6.07) is 4.74. The number of hydrogen-bond donors (Lipinski definition) is 2. The summed E-state index contributed by atoms with van der Waals surface area (Å²) in [7, 11) is 3.08. The maximum atomic E-state index is 12.8. The van der Waals surface area contributed by atoms with Crippen LogP contribution in [0.15, 0.2) is 22.8 Å². The molecule has 0 aliphatic carbocycles. The van der Waals surface area contributed by atoms with Crippen molar-refractivity contribution >= 4 is 45.0 Å². The van der Waals surface area contributed by atoms with E-state index < -0.39 is 5.91 Å². The number of methoxy groups -OCH3 is 1. The van der Waals surface area contributed by atoms with Gasteiger partial charge in [-0.2, -0.15) is 5.10 Å². The minimum Gasteiger partial charge on any atom is -0.382 e. The number of amides is 2. The van der Waals surface area contributed by atoms with Gasteiger partial charge in [-0.15, -0.1) is 0 Å². The maximum absolute atomic E-state index is 12.8. The third-order valence-corrected chi connectivity index (χ3v) is 4.24. The molecule has 1 aromatic carbocycles. The first kappa shape index (κ1) is 21.4. The Morgan fingerprint density at radius 3 is 2.67 bits per heavy atom. The number of carbonyl (C=O) groups is 2. The van der Waals surface area contributed by atoms with Gasteiger partial charge in [-0.1, -0.05) is 11.6 Å². The van der Waals surface area contributed by atoms with E-state index in [0.29, 0.717) is 34.1 Å². The molecule has 2 aromatic rings. The van der Waals surface area contributed by atoms with Gasteiger partial charge in [0.1, 0.15) is 17.0 Å². The molecule has 0 saturated heterocycles. The topological polar surface area (TPSA) is 94.5 Å². The molecule has 0 unspecified atom stereocenters. The maximum Gasteiger partial charge on any atom is 0.274 e. The molecule has 8 nitrogen and oxygen atoms in total. The Hall–Kier alpha value is -1.94. The number of rotatable bonds is 8. The second-order valence-corrected chi connectivity index (χ2v) is 6.81. The molecule has 1 heterocycles. The Morgan fingerprint density at radius 2 is 2.00 bits per heavy atom. The Kier molecular flexibility index (Phi) is 7.78. The number of hydrogen-bond acceptors (Lipinski definition) is 5. The minimum absolute atomic E-state index is 0.0830. The molecule has 10 heteroatoms. The summed E-state index contributed by atoms with van der Waals surface area (Å²) in [4.78, 5) is 25.0. The van der Waals surface area contributed by atoms with Crippen molar-refractivity contribution in [3.05, 3.63) is 44.6 Å². The van der Waals surface area contributed by atoms with Crippen LogP contribution >= 0.6 is 27.5 Å². The van der Waals surface area contributed by atoms with E-state index in [9.17, 15) is 9.59 Å². The first-order valence-corrected chi connectivity index (χ1v) is 9.18. The molecule has 0 spiro atoms. The molecule has 2 rings (SSSR count). The summed E-state index contributed by atoms with van der Waals surface area (Å²) in [5, 5.41) is 9.90. The van der Waals surface area contributed by atoms with Crippen LogP contribution in [0.4, 0.5) is 5.69 Å². The summed E-state index contributed by atoms with van der Waals surface area (Å²) in [6.07, 6.45) is 0. The fourth-order valence-electron chi connectivity index (χ4n) is 2.36. The van der Waals surface area contributed by atoms with Crippen molar-refractivity contribution in [1.29, 1.82) is 0 Å². The van der Waals surface area contributed by atoms with E-state index in [2.05, 4.69) is 31.7 Å². The van der Waals surface area contributed by atoms with Crippen molar-refractivity contribution in [1.82, 2.24) is 15.1 Å². The Labute approximate surface area is 170 Å². The Balaban J connectivity index is 2.27. The number of nitrogens with one attached hydrogen (secondary N) is 2. The molecule has 27 heavy (non-hydrogen) atoms. The lowest BCUT2D eigenvalue weighted by atomic mass is 10.1. The second-order valence-electron chi connectivity index (χ2n) is 5.56. The Bertz CT molecular complexity index is 841. The van der Waals surface area contributed by atoms with Gasteiger partial charge in [0.2, 0.25) is 0 Å². The normalized spacial score (nSPS) is 10.7. The molecular weight excluding hydrogens is 440 g/mol. The monoisotopic (exact) mass is 458 g/mol. The van der Waals surface area contributed by atoms with Gasteiger partial charge in [0, 0.05) is 25.2 Å². The van der Waals surface area contributed by atoms with E-state index in [1.54, 1.807) is 26.2 Å². The predicted octanol–water partition coefficient (Wildman–Crippen LogP) is 2.84. The van der Waals surface area contributed by atoms with Crippen molar-refractivity contribution in [2.75, 3.05) is 32.7 Å². The molecule has 146 valence electrons. The number of benzene rings is 1. The van der Waals surface area contributed by atoms with Gasteiger partial charge in [0.25, 0.3) is 11.8 Å². The van der Waals surface area contributed by atoms with Crippen molar-refractivity contribution in [3.8, 4) is 0 Å². The second kappa shape index (κ2) is 9.84. The fourth-order valence-corrected chi connectivity index (χ4v) is 3.04. The van der Waals surface area contributed by atoms with Crippen LogP contribution in [0.2, 0.25) is 5.02 Å². The van der Waals surface area contributed by atoms with Crippen LogP contribution < -0.4 is 10.6 Å². The largest absolute Gasteiger partial charge is 0.382 e. The van der Waals surface area contributed by atoms with Gasteiger partial charge < -0.3 is 20.1 Å². The number of anilines is 1. The highest BCUT2D eigenvalue weighted by atomic mass is 79.9. The third-order valence-electron chi connectivity index (χ3n) is 3.64. The molecule has 0 atom stereocenters. The molecule has 0 aliphatic heterocycles. The summed E-state index contributed by atoms with van der Waals surface area (Å²) in [6.45, 7) is 2.64. The molecular formula is C17H20BrClN4O4. The number of ether oxygens (including phenoxy) is 2. The number of halogens is 2. The van der Waals surface area contributed by atoms with Crippen molar-refractivity contribution in [2.45, 2.75) is 13.7 Å². The lowest BCUT2D eigenvalue weighted by Crippen LogP contribution is -2.24. The highest BCUT2D eigenvalue weighted by Gasteiger charge is 2.20. The quantitative estimate of drug-likeness (QED) is 0.592. The van der Waals surface area contributed by atoms with Crippen LogP contribution in [0.1, 0.15) is 26.4 Å². The van der Waals surface area contributed by atoms with Crippen LogP contribution in [0, 0.1) is 6.92 Å². The van der Waals surface area contributed by atoms with E-state index in [0.717, 1.165) is 0 Å². The average Bonchev–Trinajstić information content (AvgIpc) is 3.00. The summed E-state index contributed by atoms with van der Waals surface area (Å²) in [5.74, 6) is -0.785. The highest BCUT2D eigenvalue weighted by Crippen LogP contribution is 2.26. The first-order chi connectivity index (χ1) is 12.9. The van der Waals surface area contributed by atoms with Gasteiger partial charge in [-0.25, -0.2) is 4.68 Å². The number of nitrogens with zero attached hydrogens (tertiary/aromatic N) is 2. The Morgan fingerprint density at radius 1 is 1.26 bits per heavy atom. The van der Waals surface area contributed by atoms with Gasteiger partial charge >= 0.3 is 0 Å². The first-order valence-electron chi connectivity index (χ1n) is 8.01. The third kappa shape index (κ3) is 5.52. The molecule has 0 saturated carbocycles. The van der Waals surface area contributed by atoms with Crippen molar-refractivity contribution < 1.29 is 19.1 Å². The smallest absolute Gasteiger partial charge is 0.274 e. The molecule has 2 N–H and O–H groups in total. The molecule has 0 radical (unpaired) electrons. The summed E-state index contributed by atoms with van der Waals surface area (Å²) < 4.78 is 12.3. The van der Waals surface area contributed by atoms with Gasteiger partial charge in [-0.3, -0.25) is 9.59 Å². The average molecular weight is 460 g/mol. The SMILES string of the molecule is CNC(=O)c1cc(Cl)cc(C)c1NC(=O)c1cc(Br)nn1COCCOC. The number of aryl methyl sites for hydroxylation is 1. The van der Waals surface area contributed by atoms with Crippen LogP contribution in [0.25, 0.3) is 0 Å². The van der Waals surface area contributed by atoms with Crippen molar-refractivity contribution in [3.63, 3.8) is 0 Å². The van der Waals surface area contributed by atoms with E-state index in [-0.39, 0.29) is 23.9 Å². The molecule has 0 bridgehead atoms. The van der Waals surface area contributed by atoms with Crippen molar-refractivity contribution in [2.24, 2.45) is 0 Å². The van der Waals surface area contributed by atoms with Crippen LogP contribution in [-0.2, 0) is 16.2 Å². The molecule has 0 fully saturated rings. The highest BCUT2D eigenvalue weighted by molar-refractivity contribution is 9.10. The molecule has 0 aliphatic rings.